The van der Waals surface area contributed by atoms with Crippen LogP contribution < -0.4 is 10.6 Å². The third-order valence-electron chi connectivity index (χ3n) is 4.38. The van der Waals surface area contributed by atoms with Crippen LogP contribution in [0, 0.1) is 0 Å². The lowest BCUT2D eigenvalue weighted by Crippen LogP contribution is -2.28. The Morgan fingerprint density at radius 1 is 0.630 bits per heavy atom. The highest BCUT2D eigenvalue weighted by Crippen LogP contribution is 2.23. The molecular weight excluding hydrogens is 340 g/mol. The molecule has 4 rings (SSSR count). The normalized spacial score (nSPS) is 11.3. The van der Waals surface area contributed by atoms with Gasteiger partial charge in [-0.2, -0.15) is 0 Å². The highest BCUT2D eigenvalue weighted by atomic mass is 16.3. The van der Waals surface area contributed by atoms with Gasteiger partial charge in [0.05, 0.1) is 11.4 Å². The van der Waals surface area contributed by atoms with Crippen molar-refractivity contribution < 1.29 is 10.2 Å². The summed E-state index contributed by atoms with van der Waals surface area (Å²) >= 11 is 0. The Morgan fingerprint density at radius 3 is 1.59 bits per heavy atom. The van der Waals surface area contributed by atoms with Crippen LogP contribution in [0.4, 0.5) is 0 Å². The molecule has 0 saturated carbocycles. The number of benzene rings is 2. The average Bonchev–Trinajstić information content (AvgIpc) is 2.69. The third kappa shape index (κ3) is 3.81. The molecular formula is C21H20N4O2. The highest BCUT2D eigenvalue weighted by molar-refractivity contribution is 5.84. The van der Waals surface area contributed by atoms with Crippen molar-refractivity contribution in [3.8, 4) is 11.5 Å². The number of rotatable bonds is 6. The van der Waals surface area contributed by atoms with Crippen LogP contribution in [-0.4, -0.2) is 26.8 Å². The van der Waals surface area contributed by atoms with Crippen LogP contribution in [0.15, 0.2) is 60.7 Å². The quantitative estimate of drug-likeness (QED) is 0.312. The summed E-state index contributed by atoms with van der Waals surface area (Å²) in [5, 5.41) is 28.2. The summed E-state index contributed by atoms with van der Waals surface area (Å²) < 4.78 is 0. The van der Waals surface area contributed by atoms with Gasteiger partial charge < -0.3 is 10.2 Å². The SMILES string of the molecule is Oc1cccc2ccc(CNCNCc3ccc4cccc(O)c4n3)nc12. The van der Waals surface area contributed by atoms with E-state index >= 15 is 0 Å². The topological polar surface area (TPSA) is 90.3 Å². The van der Waals surface area contributed by atoms with E-state index in [1.54, 1.807) is 12.1 Å². The Kier molecular flexibility index (Phi) is 4.82. The van der Waals surface area contributed by atoms with Gasteiger partial charge in [-0.15, -0.1) is 0 Å². The first-order valence-corrected chi connectivity index (χ1v) is 8.77. The van der Waals surface area contributed by atoms with E-state index in [2.05, 4.69) is 20.6 Å². The molecule has 6 heteroatoms. The van der Waals surface area contributed by atoms with E-state index < -0.39 is 0 Å². The number of hydrogen-bond acceptors (Lipinski definition) is 6. The Labute approximate surface area is 156 Å². The van der Waals surface area contributed by atoms with Crippen molar-refractivity contribution in [1.82, 2.24) is 20.6 Å². The molecule has 0 spiro atoms. The predicted molar refractivity (Wildman–Crippen MR) is 105 cm³/mol. The fourth-order valence-corrected chi connectivity index (χ4v) is 3.01. The van der Waals surface area contributed by atoms with Crippen LogP contribution >= 0.6 is 0 Å². The Bertz CT molecular complexity index is 1010. The minimum absolute atomic E-state index is 0.193. The maximum Gasteiger partial charge on any atom is 0.141 e. The fraction of sp³-hybridized carbons (Fsp3) is 0.143. The summed E-state index contributed by atoms with van der Waals surface area (Å²) in [6.45, 7) is 1.76. The Morgan fingerprint density at radius 2 is 1.11 bits per heavy atom. The molecule has 0 amide bonds. The van der Waals surface area contributed by atoms with Crippen LogP contribution in [-0.2, 0) is 13.1 Å². The molecule has 0 saturated heterocycles. The number of hydrogen-bond donors (Lipinski definition) is 4. The molecule has 0 bridgehead atoms. The van der Waals surface area contributed by atoms with E-state index in [0.717, 1.165) is 22.2 Å². The van der Waals surface area contributed by atoms with E-state index in [0.29, 0.717) is 30.8 Å². The lowest BCUT2D eigenvalue weighted by atomic mass is 10.2. The second-order valence-electron chi connectivity index (χ2n) is 6.33. The molecule has 0 aliphatic rings. The summed E-state index contributed by atoms with van der Waals surface area (Å²) in [7, 11) is 0. The minimum atomic E-state index is 0.193. The zero-order valence-electron chi connectivity index (χ0n) is 14.7. The van der Waals surface area contributed by atoms with Crippen molar-refractivity contribution >= 4 is 21.8 Å². The van der Waals surface area contributed by atoms with Gasteiger partial charge in [0.15, 0.2) is 0 Å². The van der Waals surface area contributed by atoms with Crippen molar-refractivity contribution in [1.29, 1.82) is 0 Å². The summed E-state index contributed by atoms with van der Waals surface area (Å²) in [5.74, 6) is 0.385. The maximum absolute atomic E-state index is 9.91. The minimum Gasteiger partial charge on any atom is -0.506 e. The summed E-state index contributed by atoms with van der Waals surface area (Å²) in [5.41, 5.74) is 2.95. The number of aromatic nitrogens is 2. The number of phenols is 2. The van der Waals surface area contributed by atoms with E-state index in [9.17, 15) is 10.2 Å². The lowest BCUT2D eigenvalue weighted by Gasteiger charge is -2.08. The predicted octanol–water partition coefficient (Wildman–Crippen LogP) is 3.03. The van der Waals surface area contributed by atoms with Crippen molar-refractivity contribution in [2.24, 2.45) is 0 Å². The molecule has 4 aromatic rings. The first-order chi connectivity index (χ1) is 13.2. The van der Waals surface area contributed by atoms with Gasteiger partial charge in [0.25, 0.3) is 0 Å². The van der Waals surface area contributed by atoms with Gasteiger partial charge in [-0.1, -0.05) is 36.4 Å². The van der Waals surface area contributed by atoms with Gasteiger partial charge in [-0.3, -0.25) is 10.6 Å². The van der Waals surface area contributed by atoms with E-state index in [-0.39, 0.29) is 11.5 Å². The van der Waals surface area contributed by atoms with Crippen LogP contribution in [0.3, 0.4) is 0 Å². The molecule has 2 aromatic carbocycles. The standard InChI is InChI=1S/C21H20N4O2/c26-18-5-1-3-14-7-9-16(24-20(14)18)11-22-13-23-12-17-10-8-15-4-2-6-19(27)21(15)25-17/h1-10,22-23,26-27H,11-13H2. The molecule has 0 aliphatic heterocycles. The van der Waals surface area contributed by atoms with Gasteiger partial charge >= 0.3 is 0 Å². The molecule has 0 unspecified atom stereocenters. The second-order valence-corrected chi connectivity index (χ2v) is 6.33. The van der Waals surface area contributed by atoms with Crippen LogP contribution in [0.1, 0.15) is 11.4 Å². The maximum atomic E-state index is 9.91. The smallest absolute Gasteiger partial charge is 0.141 e. The van der Waals surface area contributed by atoms with E-state index in [1.165, 1.54) is 0 Å². The van der Waals surface area contributed by atoms with Crippen molar-refractivity contribution in [2.45, 2.75) is 13.1 Å². The number of para-hydroxylation sites is 2. The average molecular weight is 360 g/mol. The van der Waals surface area contributed by atoms with Gasteiger partial charge in [-0.05, 0) is 24.3 Å². The number of fused-ring (bicyclic) bond motifs is 2. The largest absolute Gasteiger partial charge is 0.506 e. The molecule has 0 atom stereocenters. The van der Waals surface area contributed by atoms with Crippen molar-refractivity contribution in [3.63, 3.8) is 0 Å². The van der Waals surface area contributed by atoms with Gasteiger partial charge in [0.2, 0.25) is 0 Å². The molecule has 0 fully saturated rings. The zero-order chi connectivity index (χ0) is 18.6. The zero-order valence-corrected chi connectivity index (χ0v) is 14.7. The molecule has 0 radical (unpaired) electrons. The summed E-state index contributed by atoms with van der Waals surface area (Å²) in [4.78, 5) is 8.99. The molecule has 0 aliphatic carbocycles. The molecule has 2 aromatic heterocycles. The Hall–Kier alpha value is -3.22. The Balaban J connectivity index is 1.32. The number of aromatic hydroxyl groups is 2. The summed E-state index contributed by atoms with van der Waals surface area (Å²) in [6.07, 6.45) is 0. The molecule has 6 nitrogen and oxygen atoms in total. The van der Waals surface area contributed by atoms with Crippen LogP contribution in [0.5, 0.6) is 11.5 Å². The number of nitrogens with one attached hydrogen (secondary N) is 2. The first-order valence-electron chi connectivity index (χ1n) is 8.77. The molecule has 2 heterocycles. The second kappa shape index (κ2) is 7.57. The van der Waals surface area contributed by atoms with E-state index in [4.69, 9.17) is 0 Å². The van der Waals surface area contributed by atoms with Gasteiger partial charge in [-0.25, -0.2) is 9.97 Å². The molecule has 4 N–H and O–H groups in total. The van der Waals surface area contributed by atoms with Crippen molar-refractivity contribution in [2.75, 3.05) is 6.67 Å². The lowest BCUT2D eigenvalue weighted by molar-refractivity contribution is 0.479. The van der Waals surface area contributed by atoms with Gasteiger partial charge in [0.1, 0.15) is 22.5 Å². The van der Waals surface area contributed by atoms with Crippen molar-refractivity contribution in [3.05, 3.63) is 72.1 Å². The van der Waals surface area contributed by atoms with Crippen LogP contribution in [0.2, 0.25) is 0 Å². The fourth-order valence-electron chi connectivity index (χ4n) is 3.01. The monoisotopic (exact) mass is 360 g/mol. The number of nitrogens with zero attached hydrogens (tertiary/aromatic N) is 2. The molecule has 27 heavy (non-hydrogen) atoms. The van der Waals surface area contributed by atoms with Gasteiger partial charge in [0, 0.05) is 30.5 Å². The number of phenolic OH excluding ortho intramolecular Hbond substituents is 2. The van der Waals surface area contributed by atoms with E-state index in [1.807, 2.05) is 48.5 Å². The summed E-state index contributed by atoms with van der Waals surface area (Å²) in [6, 6.07) is 18.6. The number of pyridine rings is 2. The van der Waals surface area contributed by atoms with Crippen LogP contribution in [0.25, 0.3) is 21.8 Å². The third-order valence-corrected chi connectivity index (χ3v) is 4.38. The molecule has 136 valence electrons. The first kappa shape index (κ1) is 17.2. The highest BCUT2D eigenvalue weighted by Gasteiger charge is 2.04.